The van der Waals surface area contributed by atoms with Gasteiger partial charge in [-0.05, 0) is 30.3 Å². The molecule has 0 radical (unpaired) electrons. The van der Waals surface area contributed by atoms with E-state index in [-0.39, 0.29) is 21.3 Å². The van der Waals surface area contributed by atoms with E-state index in [0.29, 0.717) is 11.2 Å². The average molecular weight is 550 g/mol. The van der Waals surface area contributed by atoms with Crippen LogP contribution < -0.4 is 10.6 Å². The molecular formula is C24H19Cl2F2N5O4. The number of carboxylic acid groups (broad SMARTS) is 1. The lowest BCUT2D eigenvalue weighted by molar-refractivity contribution is -0.153. The molecule has 0 bridgehead atoms. The Bertz CT molecular complexity index is 1530. The predicted molar refractivity (Wildman–Crippen MR) is 131 cm³/mol. The molecule has 2 aromatic carbocycles. The van der Waals surface area contributed by atoms with Gasteiger partial charge in [0.1, 0.15) is 11.5 Å². The first-order valence-electron chi connectivity index (χ1n) is 11.3. The number of aryl methyl sites for hydroxylation is 1. The molecule has 2 saturated heterocycles. The summed E-state index contributed by atoms with van der Waals surface area (Å²) >= 11 is 12.5. The summed E-state index contributed by atoms with van der Waals surface area (Å²) in [6, 6.07) is 6.42. The van der Waals surface area contributed by atoms with E-state index in [1.165, 1.54) is 12.1 Å². The van der Waals surface area contributed by atoms with Crippen molar-refractivity contribution in [2.24, 2.45) is 18.9 Å². The molecule has 192 valence electrons. The van der Waals surface area contributed by atoms with Gasteiger partial charge in [-0.25, -0.2) is 13.8 Å². The van der Waals surface area contributed by atoms with Crippen molar-refractivity contribution < 1.29 is 28.3 Å². The first-order chi connectivity index (χ1) is 17.4. The number of carbonyl (C=O) groups excluding carboxylic acids is 2. The van der Waals surface area contributed by atoms with Crippen molar-refractivity contribution >= 4 is 63.4 Å². The normalized spacial score (nSPS) is 27.9. The lowest BCUT2D eigenvalue weighted by Crippen LogP contribution is -2.54. The Hall–Kier alpha value is -3.28. The van der Waals surface area contributed by atoms with Crippen molar-refractivity contribution in [3.8, 4) is 0 Å². The minimum Gasteiger partial charge on any atom is -0.481 e. The number of amides is 2. The smallest absolute Gasteiger partial charge is 0.310 e. The third-order valence-electron chi connectivity index (χ3n) is 7.60. The van der Waals surface area contributed by atoms with E-state index in [9.17, 15) is 28.3 Å². The summed E-state index contributed by atoms with van der Waals surface area (Å²) in [6.07, 6.45) is 0.815. The zero-order valence-corrected chi connectivity index (χ0v) is 20.6. The first-order valence-corrected chi connectivity index (χ1v) is 12.1. The first kappa shape index (κ1) is 24.1. The van der Waals surface area contributed by atoms with Crippen LogP contribution in [0.25, 0.3) is 11.0 Å². The lowest BCUT2D eigenvalue weighted by atomic mass is 9.73. The largest absolute Gasteiger partial charge is 0.481 e. The summed E-state index contributed by atoms with van der Waals surface area (Å²) < 4.78 is 31.4. The number of hydrogen-bond donors (Lipinski definition) is 3. The molecule has 3 aliphatic heterocycles. The Morgan fingerprint density at radius 1 is 1.24 bits per heavy atom. The van der Waals surface area contributed by atoms with Gasteiger partial charge in [0.25, 0.3) is 11.8 Å². The molecule has 4 heterocycles. The van der Waals surface area contributed by atoms with Crippen LogP contribution in [0.4, 0.5) is 20.2 Å². The summed E-state index contributed by atoms with van der Waals surface area (Å²) in [4.78, 5) is 45.4. The number of nitrogens with one attached hydrogen (secondary N) is 2. The number of aliphatic carboxylic acids is 1. The maximum absolute atomic E-state index is 14.8. The van der Waals surface area contributed by atoms with Gasteiger partial charge in [-0.3, -0.25) is 19.3 Å². The second kappa shape index (κ2) is 7.86. The third-order valence-corrected chi connectivity index (χ3v) is 8.11. The van der Waals surface area contributed by atoms with E-state index in [2.05, 4.69) is 15.6 Å². The molecular weight excluding hydrogens is 531 g/mol. The molecule has 1 aromatic heterocycles. The predicted octanol–water partition coefficient (Wildman–Crippen LogP) is 3.71. The van der Waals surface area contributed by atoms with Crippen molar-refractivity contribution in [2.45, 2.75) is 23.9 Å². The van der Waals surface area contributed by atoms with E-state index < -0.39 is 60.1 Å². The molecule has 0 saturated carbocycles. The third kappa shape index (κ3) is 3.30. The number of carboxylic acids is 1. The molecule has 1 spiro atoms. The minimum atomic E-state index is -3.25. The minimum absolute atomic E-state index is 0.0379. The van der Waals surface area contributed by atoms with E-state index >= 15 is 0 Å². The number of carbonyl (C=O) groups is 3. The molecule has 3 N–H and O–H groups in total. The van der Waals surface area contributed by atoms with Gasteiger partial charge < -0.3 is 20.3 Å². The van der Waals surface area contributed by atoms with Gasteiger partial charge in [-0.2, -0.15) is 0 Å². The number of alkyl halides is 2. The molecule has 0 unspecified atom stereocenters. The van der Waals surface area contributed by atoms with Gasteiger partial charge in [0.15, 0.2) is 0 Å². The van der Waals surface area contributed by atoms with Crippen LogP contribution in [0.5, 0.6) is 0 Å². The molecule has 13 heteroatoms. The number of halogens is 4. The second-order valence-electron chi connectivity index (χ2n) is 9.68. The van der Waals surface area contributed by atoms with E-state index in [4.69, 9.17) is 23.2 Å². The molecule has 9 nitrogen and oxygen atoms in total. The monoisotopic (exact) mass is 549 g/mol. The van der Waals surface area contributed by atoms with E-state index in [1.54, 1.807) is 36.1 Å². The van der Waals surface area contributed by atoms with Gasteiger partial charge in [0.2, 0.25) is 5.91 Å². The molecule has 3 aliphatic rings. The highest BCUT2D eigenvalue weighted by Gasteiger charge is 2.74. The summed E-state index contributed by atoms with van der Waals surface area (Å²) in [7, 11) is 1.81. The van der Waals surface area contributed by atoms with Crippen LogP contribution in [0.2, 0.25) is 10.0 Å². The van der Waals surface area contributed by atoms with Crippen LogP contribution in [0.1, 0.15) is 12.0 Å². The van der Waals surface area contributed by atoms with Crippen LogP contribution in [0, 0.1) is 11.8 Å². The average Bonchev–Trinajstić information content (AvgIpc) is 3.49. The number of aromatic nitrogens is 2. The van der Waals surface area contributed by atoms with Gasteiger partial charge >= 0.3 is 5.97 Å². The number of fused-ring (bicyclic) bond motifs is 5. The fourth-order valence-corrected chi connectivity index (χ4v) is 6.78. The van der Waals surface area contributed by atoms with E-state index in [1.807, 2.05) is 0 Å². The van der Waals surface area contributed by atoms with Crippen molar-refractivity contribution in [1.82, 2.24) is 14.5 Å². The van der Waals surface area contributed by atoms with Gasteiger partial charge in [-0.15, -0.1) is 0 Å². The highest BCUT2D eigenvalue weighted by Crippen LogP contribution is 2.61. The summed E-state index contributed by atoms with van der Waals surface area (Å²) in [5.41, 5.74) is -0.239. The number of hydrogen-bond acceptors (Lipinski definition) is 5. The zero-order chi connectivity index (χ0) is 26.4. The number of nitrogens with zero attached hydrogens (tertiary/aromatic N) is 3. The van der Waals surface area contributed by atoms with Gasteiger partial charge in [0, 0.05) is 35.8 Å². The maximum atomic E-state index is 14.8. The van der Waals surface area contributed by atoms with Crippen LogP contribution in [-0.2, 0) is 27.0 Å². The Morgan fingerprint density at radius 3 is 2.73 bits per heavy atom. The molecule has 3 aromatic rings. The Balaban J connectivity index is 1.49. The molecule has 4 atom stereocenters. The number of benzene rings is 2. The SMILES string of the molecule is Cn1cnc2cc(NC(=O)[C@H]3[C@H]4CC(F)(F)CN4[C@]4(C(=O)Nc5c(Cl)cc(Cl)cc54)[C@H]3C(=O)O)ccc21. The van der Waals surface area contributed by atoms with Crippen LogP contribution in [-0.4, -0.2) is 55.9 Å². The summed E-state index contributed by atoms with van der Waals surface area (Å²) in [6.45, 7) is -0.901. The van der Waals surface area contributed by atoms with Crippen molar-refractivity contribution in [3.05, 3.63) is 52.3 Å². The van der Waals surface area contributed by atoms with Crippen molar-refractivity contribution in [2.75, 3.05) is 17.2 Å². The van der Waals surface area contributed by atoms with Crippen LogP contribution in [0.3, 0.4) is 0 Å². The van der Waals surface area contributed by atoms with Crippen molar-refractivity contribution in [3.63, 3.8) is 0 Å². The quantitative estimate of drug-likeness (QED) is 0.458. The topological polar surface area (TPSA) is 117 Å². The Labute approximate surface area is 218 Å². The fraction of sp³-hybridized carbons (Fsp3) is 0.333. The Morgan fingerprint density at radius 2 is 2.00 bits per heavy atom. The highest BCUT2D eigenvalue weighted by molar-refractivity contribution is 6.38. The summed E-state index contributed by atoms with van der Waals surface area (Å²) in [5, 5.41) is 15.8. The number of anilines is 2. The molecule has 0 aliphatic carbocycles. The van der Waals surface area contributed by atoms with Crippen molar-refractivity contribution in [1.29, 1.82) is 0 Å². The van der Waals surface area contributed by atoms with Crippen LogP contribution in [0.15, 0.2) is 36.7 Å². The Kier molecular flexibility index (Phi) is 5.11. The van der Waals surface area contributed by atoms with Gasteiger partial charge in [-0.1, -0.05) is 23.2 Å². The molecule has 2 amide bonds. The summed E-state index contributed by atoms with van der Waals surface area (Å²) in [5.74, 6) is -9.54. The zero-order valence-electron chi connectivity index (χ0n) is 19.1. The maximum Gasteiger partial charge on any atom is 0.310 e. The molecule has 37 heavy (non-hydrogen) atoms. The fourth-order valence-electron chi connectivity index (χ4n) is 6.24. The number of imidazole rings is 1. The number of rotatable bonds is 3. The second-order valence-corrected chi connectivity index (χ2v) is 10.5. The van der Waals surface area contributed by atoms with E-state index in [0.717, 1.165) is 10.4 Å². The lowest BCUT2D eigenvalue weighted by Gasteiger charge is -2.35. The van der Waals surface area contributed by atoms with Crippen LogP contribution >= 0.6 is 23.2 Å². The standard InChI is InChI=1S/C24H19Cl2F2N5O4/c1-32-9-29-14-6-11(2-3-15(14)32)30-20(34)17-16-7-23(27,28)8-33(16)24(18(17)21(35)36)12-4-10(25)5-13(26)19(12)31-22(24)37/h2-6,9,16-18H,7-8H2,1H3,(H,30,34)(H,31,37)(H,35,36)/t16-,17+,18-,24+/m1/s1. The molecule has 2 fully saturated rings. The highest BCUT2D eigenvalue weighted by atomic mass is 35.5. The molecule has 6 rings (SSSR count). The van der Waals surface area contributed by atoms with Gasteiger partial charge in [0.05, 0.1) is 40.5 Å².